The zero-order valence-electron chi connectivity index (χ0n) is 16.0. The maximum Gasteiger partial charge on any atom is 0.223 e. The van der Waals surface area contributed by atoms with E-state index in [2.05, 4.69) is 52.0 Å². The molecule has 1 fully saturated rings. The highest BCUT2D eigenvalue weighted by Gasteiger charge is 2.33. The van der Waals surface area contributed by atoms with Crippen LogP contribution < -0.4 is 0 Å². The van der Waals surface area contributed by atoms with E-state index in [9.17, 15) is 13.2 Å². The minimum Gasteiger partial charge on any atom is -0.342 e. The average Bonchev–Trinajstić information content (AvgIpc) is 2.91. The molecular weight excluding hydrogens is 334 g/mol. The Labute approximate surface area is 152 Å². The second-order valence-electron chi connectivity index (χ2n) is 7.94. The van der Waals surface area contributed by atoms with Crippen LogP contribution in [0, 0.1) is 5.92 Å². The van der Waals surface area contributed by atoms with Gasteiger partial charge in [0.2, 0.25) is 5.91 Å². The van der Waals surface area contributed by atoms with Gasteiger partial charge in [-0.15, -0.1) is 0 Å². The van der Waals surface area contributed by atoms with Crippen LogP contribution in [0.4, 0.5) is 0 Å². The van der Waals surface area contributed by atoms with E-state index in [1.165, 1.54) is 11.1 Å². The van der Waals surface area contributed by atoms with E-state index in [4.69, 9.17) is 0 Å². The maximum atomic E-state index is 12.7. The standard InChI is InChI=1S/C20H31NO3S/c1-14(2)16-6-8-17(9-7-16)19(15(3)4)12-20(22)21(5)18-10-11-25(23,24)13-18/h6-9,14-15,18-19H,10-13H2,1-5H3. The predicted molar refractivity (Wildman–Crippen MR) is 103 cm³/mol. The van der Waals surface area contributed by atoms with Crippen LogP contribution in [0.1, 0.15) is 63.5 Å². The van der Waals surface area contributed by atoms with Gasteiger partial charge in [-0.1, -0.05) is 52.0 Å². The summed E-state index contributed by atoms with van der Waals surface area (Å²) in [5, 5.41) is 0. The first kappa shape index (κ1) is 20.0. The van der Waals surface area contributed by atoms with Crippen molar-refractivity contribution >= 4 is 15.7 Å². The van der Waals surface area contributed by atoms with Crippen molar-refractivity contribution in [2.45, 2.75) is 58.4 Å². The van der Waals surface area contributed by atoms with Gasteiger partial charge in [0.25, 0.3) is 0 Å². The van der Waals surface area contributed by atoms with Crippen LogP contribution in [0.5, 0.6) is 0 Å². The molecule has 0 N–H and O–H groups in total. The molecule has 1 amide bonds. The third kappa shape index (κ3) is 5.06. The van der Waals surface area contributed by atoms with Gasteiger partial charge in [0.05, 0.1) is 11.5 Å². The monoisotopic (exact) mass is 365 g/mol. The largest absolute Gasteiger partial charge is 0.342 e. The van der Waals surface area contributed by atoms with Crippen molar-refractivity contribution in [3.05, 3.63) is 35.4 Å². The first-order valence-corrected chi connectivity index (χ1v) is 11.0. The van der Waals surface area contributed by atoms with Crippen molar-refractivity contribution in [1.82, 2.24) is 4.90 Å². The summed E-state index contributed by atoms with van der Waals surface area (Å²) >= 11 is 0. The van der Waals surface area contributed by atoms with Gasteiger partial charge in [0.15, 0.2) is 9.84 Å². The Morgan fingerprint density at radius 1 is 1.12 bits per heavy atom. The van der Waals surface area contributed by atoms with Crippen LogP contribution in [-0.4, -0.2) is 43.8 Å². The van der Waals surface area contributed by atoms with Gasteiger partial charge >= 0.3 is 0 Å². The van der Waals surface area contributed by atoms with Gasteiger partial charge in [-0.05, 0) is 35.3 Å². The lowest BCUT2D eigenvalue weighted by molar-refractivity contribution is -0.132. The van der Waals surface area contributed by atoms with Crippen LogP contribution in [0.15, 0.2) is 24.3 Å². The van der Waals surface area contributed by atoms with Crippen LogP contribution in [0.25, 0.3) is 0 Å². The molecule has 2 rings (SSSR count). The Morgan fingerprint density at radius 2 is 1.68 bits per heavy atom. The molecule has 0 aromatic heterocycles. The van der Waals surface area contributed by atoms with Gasteiger partial charge in [0, 0.05) is 19.5 Å². The molecule has 1 aliphatic heterocycles. The number of carbonyl (C=O) groups excluding carboxylic acids is 1. The summed E-state index contributed by atoms with van der Waals surface area (Å²) in [6.45, 7) is 8.61. The van der Waals surface area contributed by atoms with Crippen molar-refractivity contribution in [2.24, 2.45) is 5.92 Å². The Bertz CT molecular complexity index is 692. The summed E-state index contributed by atoms with van der Waals surface area (Å²) in [6, 6.07) is 8.38. The minimum absolute atomic E-state index is 0.0359. The van der Waals surface area contributed by atoms with Crippen molar-refractivity contribution in [2.75, 3.05) is 18.6 Å². The number of sulfone groups is 1. The highest BCUT2D eigenvalue weighted by molar-refractivity contribution is 7.91. The lowest BCUT2D eigenvalue weighted by atomic mass is 9.84. The van der Waals surface area contributed by atoms with Crippen LogP contribution >= 0.6 is 0 Å². The Hall–Kier alpha value is -1.36. The number of amides is 1. The number of rotatable bonds is 6. The van der Waals surface area contributed by atoms with E-state index in [1.807, 2.05) is 0 Å². The lowest BCUT2D eigenvalue weighted by Gasteiger charge is -2.28. The van der Waals surface area contributed by atoms with E-state index in [-0.39, 0.29) is 29.4 Å². The molecule has 0 radical (unpaired) electrons. The third-order valence-corrected chi connectivity index (χ3v) is 7.13. The summed E-state index contributed by atoms with van der Waals surface area (Å²) in [5.74, 6) is 1.31. The van der Waals surface area contributed by atoms with Crippen LogP contribution in [-0.2, 0) is 14.6 Å². The van der Waals surface area contributed by atoms with E-state index in [0.29, 0.717) is 24.7 Å². The fourth-order valence-corrected chi connectivity index (χ4v) is 5.26. The second kappa shape index (κ2) is 7.90. The number of hydrogen-bond acceptors (Lipinski definition) is 3. The smallest absolute Gasteiger partial charge is 0.223 e. The summed E-state index contributed by atoms with van der Waals surface area (Å²) in [6.07, 6.45) is 0.978. The molecule has 25 heavy (non-hydrogen) atoms. The molecule has 2 atom stereocenters. The summed E-state index contributed by atoms with van der Waals surface area (Å²) in [5.41, 5.74) is 2.48. The minimum atomic E-state index is -2.98. The van der Waals surface area contributed by atoms with Crippen LogP contribution in [0.2, 0.25) is 0 Å². The summed E-state index contributed by atoms with van der Waals surface area (Å²) in [4.78, 5) is 14.4. The van der Waals surface area contributed by atoms with E-state index >= 15 is 0 Å². The third-order valence-electron chi connectivity index (χ3n) is 5.38. The van der Waals surface area contributed by atoms with E-state index < -0.39 is 9.84 Å². The molecule has 1 aromatic rings. The van der Waals surface area contributed by atoms with Gasteiger partial charge in [0.1, 0.15) is 0 Å². The fourth-order valence-electron chi connectivity index (χ4n) is 3.48. The zero-order valence-corrected chi connectivity index (χ0v) is 16.8. The van der Waals surface area contributed by atoms with Gasteiger partial charge in [-0.3, -0.25) is 4.79 Å². The molecule has 1 heterocycles. The molecule has 0 bridgehead atoms. The predicted octanol–water partition coefficient (Wildman–Crippen LogP) is 3.59. The lowest BCUT2D eigenvalue weighted by Crippen LogP contribution is -2.38. The molecule has 1 saturated heterocycles. The molecule has 4 nitrogen and oxygen atoms in total. The van der Waals surface area contributed by atoms with E-state index in [1.54, 1.807) is 11.9 Å². The molecule has 5 heteroatoms. The molecule has 0 saturated carbocycles. The molecule has 2 unspecified atom stereocenters. The molecule has 140 valence electrons. The molecular formula is C20H31NO3S. The number of hydrogen-bond donors (Lipinski definition) is 0. The second-order valence-corrected chi connectivity index (χ2v) is 10.2. The quantitative estimate of drug-likeness (QED) is 0.774. The first-order chi connectivity index (χ1) is 11.6. The van der Waals surface area contributed by atoms with Gasteiger partial charge < -0.3 is 4.90 Å². The molecule has 1 aromatic carbocycles. The molecule has 0 aliphatic carbocycles. The van der Waals surface area contributed by atoms with Gasteiger partial charge in [-0.2, -0.15) is 0 Å². The summed E-state index contributed by atoms with van der Waals surface area (Å²) < 4.78 is 23.3. The number of carbonyl (C=O) groups is 1. The Morgan fingerprint density at radius 3 is 2.12 bits per heavy atom. The van der Waals surface area contributed by atoms with Crippen molar-refractivity contribution in [3.8, 4) is 0 Å². The highest BCUT2D eigenvalue weighted by Crippen LogP contribution is 2.30. The van der Waals surface area contributed by atoms with Crippen LogP contribution in [0.3, 0.4) is 0 Å². The molecule has 0 spiro atoms. The summed E-state index contributed by atoms with van der Waals surface area (Å²) in [7, 11) is -1.23. The topological polar surface area (TPSA) is 54.5 Å². The fraction of sp³-hybridized carbons (Fsp3) is 0.650. The van der Waals surface area contributed by atoms with Crippen molar-refractivity contribution in [3.63, 3.8) is 0 Å². The highest BCUT2D eigenvalue weighted by atomic mass is 32.2. The molecule has 1 aliphatic rings. The van der Waals surface area contributed by atoms with Gasteiger partial charge in [-0.25, -0.2) is 8.42 Å². The maximum absolute atomic E-state index is 12.7. The number of nitrogens with zero attached hydrogens (tertiary/aromatic N) is 1. The van der Waals surface area contributed by atoms with Crippen molar-refractivity contribution < 1.29 is 13.2 Å². The SMILES string of the molecule is CC(C)c1ccc(C(CC(=O)N(C)C2CCS(=O)(=O)C2)C(C)C)cc1. The Kier molecular flexibility index (Phi) is 6.30. The van der Waals surface area contributed by atoms with E-state index in [0.717, 1.165) is 0 Å². The average molecular weight is 366 g/mol. The normalized spacial score (nSPS) is 20.8. The zero-order chi connectivity index (χ0) is 18.8. The first-order valence-electron chi connectivity index (χ1n) is 9.16. The number of benzene rings is 1. The Balaban J connectivity index is 2.09. The van der Waals surface area contributed by atoms with Crippen molar-refractivity contribution in [1.29, 1.82) is 0 Å².